The average Bonchev–Trinajstić information content (AvgIpc) is 3.13. The van der Waals surface area contributed by atoms with Crippen LogP contribution in [0.3, 0.4) is 0 Å². The smallest absolute Gasteiger partial charge is 0.378 e. The number of hydrogen-bond donors (Lipinski definition) is 3. The predicted molar refractivity (Wildman–Crippen MR) is 116 cm³/mol. The average molecular weight is 465 g/mol. The van der Waals surface area contributed by atoms with Gasteiger partial charge in [-0.3, -0.25) is 4.79 Å². The third kappa shape index (κ3) is 5.33. The van der Waals surface area contributed by atoms with Crippen LogP contribution in [0.5, 0.6) is 0 Å². The van der Waals surface area contributed by atoms with E-state index in [-0.39, 0.29) is 47.5 Å². The maximum Gasteiger partial charge on any atom is 0.417 e. The van der Waals surface area contributed by atoms with Crippen molar-refractivity contribution < 1.29 is 28.2 Å². The van der Waals surface area contributed by atoms with E-state index >= 15 is 0 Å². The monoisotopic (exact) mass is 465 g/mol. The lowest BCUT2D eigenvalue weighted by Gasteiger charge is -2.35. The van der Waals surface area contributed by atoms with Crippen LogP contribution < -0.4 is 10.2 Å². The summed E-state index contributed by atoms with van der Waals surface area (Å²) < 4.78 is 41.0. The van der Waals surface area contributed by atoms with Crippen molar-refractivity contribution in [2.45, 2.75) is 44.1 Å². The van der Waals surface area contributed by atoms with Crippen LogP contribution in [0, 0.1) is 23.7 Å². The molecule has 1 saturated heterocycles. The van der Waals surface area contributed by atoms with Crippen LogP contribution in [-0.4, -0.2) is 52.4 Å². The number of hydrogen-bond acceptors (Lipinski definition) is 6. The second kappa shape index (κ2) is 8.62. The van der Waals surface area contributed by atoms with Crippen LogP contribution in [0.4, 0.5) is 19.0 Å². The summed E-state index contributed by atoms with van der Waals surface area (Å²) >= 11 is 0.828. The standard InChI is InChI=1S/C22H22F3N3O3S/c1-20(2,30)6-4-5-7-21(31)8-10-28(11-9-21)16-12-15(22(23,24)25)18-17(27-16)14(13-32-18)19(29)26-3/h12-13,30-31H,8-11H2,1-3H3,(H,26,29). The topological polar surface area (TPSA) is 85.7 Å². The van der Waals surface area contributed by atoms with Crippen molar-refractivity contribution in [1.29, 1.82) is 0 Å². The van der Waals surface area contributed by atoms with Gasteiger partial charge in [0.05, 0.1) is 21.3 Å². The summed E-state index contributed by atoms with van der Waals surface area (Å²) in [5.41, 5.74) is -3.29. The molecule has 0 spiro atoms. The van der Waals surface area contributed by atoms with E-state index in [4.69, 9.17) is 0 Å². The Morgan fingerprint density at radius 3 is 2.50 bits per heavy atom. The zero-order valence-electron chi connectivity index (χ0n) is 17.7. The number of pyridine rings is 1. The second-order valence-electron chi connectivity index (χ2n) is 8.01. The summed E-state index contributed by atoms with van der Waals surface area (Å²) in [7, 11) is 1.40. The van der Waals surface area contributed by atoms with Crippen molar-refractivity contribution in [2.75, 3.05) is 25.0 Å². The van der Waals surface area contributed by atoms with Gasteiger partial charge in [0, 0.05) is 38.4 Å². The highest BCUT2D eigenvalue weighted by Crippen LogP contribution is 2.40. The van der Waals surface area contributed by atoms with Crippen LogP contribution in [0.1, 0.15) is 42.6 Å². The van der Waals surface area contributed by atoms with Gasteiger partial charge in [0.15, 0.2) is 0 Å². The maximum absolute atomic E-state index is 13.7. The molecular weight excluding hydrogens is 443 g/mol. The Labute approximate surface area is 187 Å². The number of fused-ring (bicyclic) bond motifs is 1. The summed E-state index contributed by atoms with van der Waals surface area (Å²) in [6.07, 6.45) is -4.25. The van der Waals surface area contributed by atoms with Gasteiger partial charge in [0.1, 0.15) is 17.0 Å². The molecule has 0 aromatic carbocycles. The Hall–Kier alpha value is -2.79. The number of rotatable bonds is 2. The molecule has 2 aromatic rings. The lowest BCUT2D eigenvalue weighted by atomic mass is 9.92. The minimum absolute atomic E-state index is 0.00157. The van der Waals surface area contributed by atoms with Gasteiger partial charge < -0.3 is 20.4 Å². The van der Waals surface area contributed by atoms with Crippen molar-refractivity contribution in [3.63, 3.8) is 0 Å². The third-order valence-electron chi connectivity index (χ3n) is 4.93. The highest BCUT2D eigenvalue weighted by molar-refractivity contribution is 7.17. The quantitative estimate of drug-likeness (QED) is 0.594. The van der Waals surface area contributed by atoms with E-state index in [1.165, 1.54) is 26.3 Å². The molecule has 0 aliphatic carbocycles. The number of amides is 1. The van der Waals surface area contributed by atoms with Crippen LogP contribution in [0.15, 0.2) is 11.4 Å². The number of nitrogens with one attached hydrogen (secondary N) is 1. The highest BCUT2D eigenvalue weighted by Gasteiger charge is 2.37. The molecule has 0 radical (unpaired) electrons. The van der Waals surface area contributed by atoms with E-state index in [9.17, 15) is 28.2 Å². The maximum atomic E-state index is 13.7. The van der Waals surface area contributed by atoms with Gasteiger partial charge in [0.2, 0.25) is 0 Å². The van der Waals surface area contributed by atoms with Crippen molar-refractivity contribution in [2.24, 2.45) is 0 Å². The summed E-state index contributed by atoms with van der Waals surface area (Å²) in [5.74, 6) is 9.82. The van der Waals surface area contributed by atoms with E-state index in [0.717, 1.165) is 17.4 Å². The van der Waals surface area contributed by atoms with Crippen LogP contribution in [0.25, 0.3) is 10.2 Å². The molecule has 0 atom stereocenters. The molecule has 3 N–H and O–H groups in total. The van der Waals surface area contributed by atoms with Gasteiger partial charge in [0.25, 0.3) is 5.91 Å². The van der Waals surface area contributed by atoms with Crippen molar-refractivity contribution in [3.05, 3.63) is 22.6 Å². The Kier molecular flexibility index (Phi) is 6.43. The number of aliphatic hydroxyl groups is 2. The fourth-order valence-corrected chi connectivity index (χ4v) is 4.25. The molecule has 3 heterocycles. The first kappa shape index (κ1) is 23.9. The Balaban J connectivity index is 1.90. The zero-order valence-corrected chi connectivity index (χ0v) is 18.5. The fourth-order valence-electron chi connectivity index (χ4n) is 3.23. The minimum atomic E-state index is -4.61. The van der Waals surface area contributed by atoms with Crippen molar-refractivity contribution in [1.82, 2.24) is 10.3 Å². The molecule has 6 nitrogen and oxygen atoms in total. The molecule has 0 bridgehead atoms. The largest absolute Gasteiger partial charge is 0.417 e. The Bertz CT molecular complexity index is 1150. The van der Waals surface area contributed by atoms with E-state index in [1.807, 2.05) is 0 Å². The van der Waals surface area contributed by atoms with E-state index in [2.05, 4.69) is 34.0 Å². The number of carbonyl (C=O) groups excluding carboxylic acids is 1. The van der Waals surface area contributed by atoms with Crippen molar-refractivity contribution in [3.8, 4) is 23.7 Å². The van der Waals surface area contributed by atoms with Crippen LogP contribution in [-0.2, 0) is 6.18 Å². The van der Waals surface area contributed by atoms with Crippen LogP contribution in [0.2, 0.25) is 0 Å². The number of alkyl halides is 3. The number of piperidine rings is 1. The lowest BCUT2D eigenvalue weighted by Crippen LogP contribution is -2.44. The van der Waals surface area contributed by atoms with Crippen molar-refractivity contribution >= 4 is 33.3 Å². The molecule has 10 heteroatoms. The third-order valence-corrected chi connectivity index (χ3v) is 5.93. The molecule has 1 aliphatic rings. The molecule has 1 amide bonds. The van der Waals surface area contributed by atoms with E-state index < -0.39 is 28.8 Å². The number of anilines is 1. The molecule has 1 aliphatic heterocycles. The van der Waals surface area contributed by atoms with Gasteiger partial charge in [-0.1, -0.05) is 11.8 Å². The van der Waals surface area contributed by atoms with E-state index in [1.54, 1.807) is 4.90 Å². The SMILES string of the molecule is CNC(=O)c1csc2c(C(F)(F)F)cc(N3CCC(O)(C#CC#CC(C)(C)O)CC3)nc12. The number of nitrogens with zero attached hydrogens (tertiary/aromatic N) is 2. The predicted octanol–water partition coefficient (Wildman–Crippen LogP) is 2.78. The molecule has 0 saturated carbocycles. The van der Waals surface area contributed by atoms with Gasteiger partial charge in [-0.2, -0.15) is 13.2 Å². The zero-order chi connectivity index (χ0) is 23.7. The fraction of sp³-hybridized carbons (Fsp3) is 0.455. The first-order valence-corrected chi connectivity index (χ1v) is 10.7. The Morgan fingerprint density at radius 1 is 1.28 bits per heavy atom. The van der Waals surface area contributed by atoms with Gasteiger partial charge in [-0.15, -0.1) is 11.3 Å². The molecule has 0 unspecified atom stereocenters. The number of carbonyl (C=O) groups is 1. The summed E-state index contributed by atoms with van der Waals surface area (Å²) in [6.45, 7) is 3.46. The number of thiophene rings is 1. The molecule has 2 aromatic heterocycles. The van der Waals surface area contributed by atoms with E-state index in [0.29, 0.717) is 0 Å². The van der Waals surface area contributed by atoms with Crippen LogP contribution >= 0.6 is 11.3 Å². The molecular formula is C22H22F3N3O3S. The lowest BCUT2D eigenvalue weighted by molar-refractivity contribution is -0.136. The summed E-state index contributed by atoms with van der Waals surface area (Å²) in [4.78, 5) is 18.1. The minimum Gasteiger partial charge on any atom is -0.378 e. The second-order valence-corrected chi connectivity index (χ2v) is 8.89. The normalized spacial score (nSPS) is 16.1. The van der Waals surface area contributed by atoms with Gasteiger partial charge >= 0.3 is 6.18 Å². The first-order valence-electron chi connectivity index (χ1n) is 9.78. The van der Waals surface area contributed by atoms with Gasteiger partial charge in [-0.25, -0.2) is 4.98 Å². The summed E-state index contributed by atoms with van der Waals surface area (Å²) in [6, 6.07) is 0.983. The molecule has 170 valence electrons. The molecule has 3 rings (SSSR count). The summed E-state index contributed by atoms with van der Waals surface area (Å²) in [5, 5.41) is 24.0. The number of aromatic nitrogens is 1. The molecule has 32 heavy (non-hydrogen) atoms. The molecule has 1 fully saturated rings. The Morgan fingerprint density at radius 2 is 1.94 bits per heavy atom. The highest BCUT2D eigenvalue weighted by atomic mass is 32.1. The first-order chi connectivity index (χ1) is 14.8. The number of halogens is 3. The van der Waals surface area contributed by atoms with Gasteiger partial charge in [-0.05, 0) is 31.8 Å².